The molecule has 2 heterocycles. The fraction of sp³-hybridized carbons (Fsp3) is 0.214. The van der Waals surface area contributed by atoms with Crippen LogP contribution in [0, 0.1) is 0 Å². The van der Waals surface area contributed by atoms with Gasteiger partial charge in [0.1, 0.15) is 17.3 Å². The summed E-state index contributed by atoms with van der Waals surface area (Å²) in [5, 5.41) is 15.8. The first-order valence-electron chi connectivity index (χ1n) is 12.8. The topological polar surface area (TPSA) is 163 Å². The minimum Gasteiger partial charge on any atom is -0.508 e. The summed E-state index contributed by atoms with van der Waals surface area (Å²) in [5.41, 5.74) is 1.69. The first-order valence-corrected chi connectivity index (χ1v) is 14.3. The number of phenols is 1. The van der Waals surface area contributed by atoms with E-state index in [0.29, 0.717) is 54.1 Å². The third-order valence-electron chi connectivity index (χ3n) is 6.40. The summed E-state index contributed by atoms with van der Waals surface area (Å²) in [4.78, 5) is 34.8. The number of nitrogens with one attached hydrogen (secondary N) is 3. The van der Waals surface area contributed by atoms with Crippen molar-refractivity contribution in [3.05, 3.63) is 66.7 Å². The Bertz CT molecular complexity index is 1720. The van der Waals surface area contributed by atoms with Crippen LogP contribution in [0.1, 0.15) is 12.8 Å². The normalized spacial score (nSPS) is 14.0. The van der Waals surface area contributed by atoms with E-state index in [9.17, 15) is 23.1 Å². The number of benzene rings is 3. The van der Waals surface area contributed by atoms with Crippen molar-refractivity contribution in [2.24, 2.45) is 0 Å². The molecule has 0 atom stereocenters. The highest BCUT2D eigenvalue weighted by Gasteiger charge is 2.21. The molecule has 4 N–H and O–H groups in total. The van der Waals surface area contributed by atoms with Crippen LogP contribution in [-0.4, -0.2) is 66.8 Å². The van der Waals surface area contributed by atoms with E-state index in [0.717, 1.165) is 0 Å². The number of para-hydroxylation sites is 2. The molecule has 212 valence electrons. The summed E-state index contributed by atoms with van der Waals surface area (Å²) in [6.07, 6.45) is 0.834. The van der Waals surface area contributed by atoms with Crippen LogP contribution >= 0.6 is 0 Å². The van der Waals surface area contributed by atoms with Gasteiger partial charge in [-0.05, 0) is 30.3 Å². The molecule has 13 heteroatoms. The van der Waals surface area contributed by atoms with Gasteiger partial charge < -0.3 is 20.5 Å². The number of anilines is 4. The molecule has 1 saturated heterocycles. The number of hydrogen-bond acceptors (Lipinski definition) is 10. The second kappa shape index (κ2) is 11.8. The maximum atomic E-state index is 13.5. The van der Waals surface area contributed by atoms with Crippen molar-refractivity contribution >= 4 is 55.8 Å². The van der Waals surface area contributed by atoms with Gasteiger partial charge in [0.25, 0.3) is 10.0 Å². The molecule has 0 spiro atoms. The second-order valence-corrected chi connectivity index (χ2v) is 11.1. The highest BCUT2D eigenvalue weighted by molar-refractivity contribution is 7.92. The maximum absolute atomic E-state index is 13.5. The highest BCUT2D eigenvalue weighted by atomic mass is 32.2. The summed E-state index contributed by atoms with van der Waals surface area (Å²) >= 11 is 0. The zero-order valence-electron chi connectivity index (χ0n) is 22.1. The summed E-state index contributed by atoms with van der Waals surface area (Å²) in [6, 6.07) is 17.3. The van der Waals surface area contributed by atoms with Gasteiger partial charge in [-0.1, -0.05) is 18.2 Å². The number of ketones is 1. The Balaban J connectivity index is 1.39. The molecule has 1 aliphatic rings. The van der Waals surface area contributed by atoms with E-state index in [1.807, 2.05) is 4.90 Å². The molecule has 4 aromatic rings. The Kier molecular flexibility index (Phi) is 7.99. The fourth-order valence-corrected chi connectivity index (χ4v) is 5.41. The maximum Gasteiger partial charge on any atom is 0.263 e. The van der Waals surface area contributed by atoms with Crippen LogP contribution in [0.4, 0.5) is 23.0 Å². The molecule has 3 aromatic carbocycles. The van der Waals surface area contributed by atoms with Crippen molar-refractivity contribution in [2.45, 2.75) is 17.7 Å². The van der Waals surface area contributed by atoms with Gasteiger partial charge in [0, 0.05) is 55.5 Å². The number of fused-ring (bicyclic) bond motifs is 1. The molecule has 1 fully saturated rings. The number of ether oxygens (including phenoxy) is 1. The molecular weight excluding hydrogens is 548 g/mol. The molecule has 1 aromatic heterocycles. The number of nitrogens with zero attached hydrogens (tertiary/aromatic N) is 3. The van der Waals surface area contributed by atoms with Crippen molar-refractivity contribution in [1.29, 1.82) is 0 Å². The van der Waals surface area contributed by atoms with Gasteiger partial charge >= 0.3 is 0 Å². The first-order chi connectivity index (χ1) is 19.7. The zero-order chi connectivity index (χ0) is 29.0. The summed E-state index contributed by atoms with van der Waals surface area (Å²) in [6.45, 7) is 1.14. The molecule has 0 radical (unpaired) electrons. The van der Waals surface area contributed by atoms with E-state index in [1.165, 1.54) is 37.4 Å². The zero-order valence-corrected chi connectivity index (χ0v) is 22.9. The standard InChI is InChI=1S/C28H28N6O6S/c1-40-22-14-19(13-21(36)16-22)30-27-28(32-25-8-3-2-7-24(25)31-27)33-41(38,39)23-6-4-5-18(15-23)29-26(37)17-34-11-9-20(35)10-12-34/h2-8,13-16,36H,9-12,17H2,1H3,(H,29,37)(H,30,31)(H,32,33). The van der Waals surface area contributed by atoms with E-state index >= 15 is 0 Å². The number of carbonyl (C=O) groups excluding carboxylic acids is 2. The van der Waals surface area contributed by atoms with Crippen molar-refractivity contribution in [3.8, 4) is 11.5 Å². The second-order valence-electron chi connectivity index (χ2n) is 9.45. The van der Waals surface area contributed by atoms with Crippen LogP contribution in [0.2, 0.25) is 0 Å². The lowest BCUT2D eigenvalue weighted by atomic mass is 10.1. The van der Waals surface area contributed by atoms with Crippen LogP contribution in [0.5, 0.6) is 11.5 Å². The molecule has 12 nitrogen and oxygen atoms in total. The monoisotopic (exact) mass is 576 g/mol. The Morgan fingerprint density at radius 1 is 0.951 bits per heavy atom. The largest absolute Gasteiger partial charge is 0.508 e. The first kappa shape index (κ1) is 27.8. The molecule has 41 heavy (non-hydrogen) atoms. The van der Waals surface area contributed by atoms with E-state index in [1.54, 1.807) is 36.4 Å². The molecule has 0 bridgehead atoms. The van der Waals surface area contributed by atoms with E-state index < -0.39 is 10.0 Å². The number of rotatable bonds is 9. The van der Waals surface area contributed by atoms with E-state index in [4.69, 9.17) is 4.74 Å². The number of phenolic OH excluding ortho intramolecular Hbond substituents is 1. The Labute approximate surface area is 236 Å². The summed E-state index contributed by atoms with van der Waals surface area (Å²) in [7, 11) is -2.72. The quantitative estimate of drug-likeness (QED) is 0.232. The van der Waals surface area contributed by atoms with Gasteiger partial charge in [-0.3, -0.25) is 19.2 Å². The Morgan fingerprint density at radius 3 is 2.37 bits per heavy atom. The molecule has 0 unspecified atom stereocenters. The predicted octanol–water partition coefficient (Wildman–Crippen LogP) is 3.49. The third-order valence-corrected chi connectivity index (χ3v) is 7.74. The van der Waals surface area contributed by atoms with Crippen molar-refractivity contribution in [1.82, 2.24) is 14.9 Å². The highest BCUT2D eigenvalue weighted by Crippen LogP contribution is 2.31. The third kappa shape index (κ3) is 6.88. The molecule has 0 saturated carbocycles. The van der Waals surface area contributed by atoms with Crippen LogP contribution in [-0.2, 0) is 19.6 Å². The Hall–Kier alpha value is -4.75. The van der Waals surface area contributed by atoms with Gasteiger partial charge in [0.2, 0.25) is 5.91 Å². The molecular formula is C28H28N6O6S. The Morgan fingerprint density at radius 2 is 1.66 bits per heavy atom. The average molecular weight is 577 g/mol. The number of aromatic hydroxyl groups is 1. The summed E-state index contributed by atoms with van der Waals surface area (Å²) in [5.74, 6) is 0.231. The number of sulfonamides is 1. The number of hydrogen-bond donors (Lipinski definition) is 4. The number of Topliss-reactive ketones (excluding diaryl/α,β-unsaturated/α-hetero) is 1. The number of methoxy groups -OCH3 is 1. The molecule has 1 aliphatic heterocycles. The molecule has 1 amide bonds. The number of likely N-dealkylation sites (tertiary alicyclic amines) is 1. The number of piperidine rings is 1. The average Bonchev–Trinajstić information content (AvgIpc) is 2.94. The van der Waals surface area contributed by atoms with Gasteiger partial charge in [0.05, 0.1) is 29.6 Å². The predicted molar refractivity (Wildman–Crippen MR) is 154 cm³/mol. The smallest absolute Gasteiger partial charge is 0.263 e. The van der Waals surface area contributed by atoms with Crippen molar-refractivity contribution < 1.29 is 27.9 Å². The number of aromatic nitrogens is 2. The summed E-state index contributed by atoms with van der Waals surface area (Å²) < 4.78 is 34.6. The van der Waals surface area contributed by atoms with Gasteiger partial charge in [-0.25, -0.2) is 18.4 Å². The van der Waals surface area contributed by atoms with Crippen molar-refractivity contribution in [3.63, 3.8) is 0 Å². The molecule has 0 aliphatic carbocycles. The fourth-order valence-electron chi connectivity index (χ4n) is 4.36. The van der Waals surface area contributed by atoms with Crippen LogP contribution in [0.3, 0.4) is 0 Å². The van der Waals surface area contributed by atoms with Gasteiger partial charge in [-0.2, -0.15) is 0 Å². The van der Waals surface area contributed by atoms with Crippen LogP contribution < -0.4 is 20.1 Å². The van der Waals surface area contributed by atoms with Crippen LogP contribution in [0.25, 0.3) is 11.0 Å². The lowest BCUT2D eigenvalue weighted by molar-refractivity contribution is -0.124. The van der Waals surface area contributed by atoms with Gasteiger partial charge in [0.15, 0.2) is 11.6 Å². The lowest BCUT2D eigenvalue weighted by Gasteiger charge is -2.24. The van der Waals surface area contributed by atoms with E-state index in [-0.39, 0.29) is 40.5 Å². The minimum atomic E-state index is -4.18. The van der Waals surface area contributed by atoms with E-state index in [2.05, 4.69) is 25.3 Å². The number of carbonyl (C=O) groups is 2. The molecule has 5 rings (SSSR count). The SMILES string of the molecule is COc1cc(O)cc(Nc2nc3ccccc3nc2NS(=O)(=O)c2cccc(NC(=O)CN3CCC(=O)CC3)c2)c1. The van der Waals surface area contributed by atoms with Gasteiger partial charge in [-0.15, -0.1) is 0 Å². The number of amides is 1. The lowest BCUT2D eigenvalue weighted by Crippen LogP contribution is -2.39. The van der Waals surface area contributed by atoms with Crippen molar-refractivity contribution in [2.75, 3.05) is 42.1 Å². The minimum absolute atomic E-state index is 0.0598. The van der Waals surface area contributed by atoms with Crippen LogP contribution in [0.15, 0.2) is 71.6 Å².